The molecule has 106 valence electrons. The van der Waals surface area contributed by atoms with Crippen LogP contribution in [0.3, 0.4) is 0 Å². The van der Waals surface area contributed by atoms with E-state index in [-0.39, 0.29) is 12.5 Å². The first-order chi connectivity index (χ1) is 8.99. The lowest BCUT2D eigenvalue weighted by Crippen LogP contribution is -2.42. The van der Waals surface area contributed by atoms with E-state index >= 15 is 0 Å². The topological polar surface area (TPSA) is 84.6 Å². The molecule has 0 bridgehead atoms. The number of methoxy groups -OCH3 is 1. The molecule has 1 unspecified atom stereocenters. The van der Waals surface area contributed by atoms with Crippen LogP contribution in [-0.2, 0) is 11.3 Å². The van der Waals surface area contributed by atoms with Crippen LogP contribution in [0.25, 0.3) is 0 Å². The SMILES string of the molecule is COc1cc(C(C)C)ccc1CNC(=O)C(N)CO. The number of nitrogens with two attached hydrogens (primary N) is 1. The molecular weight excluding hydrogens is 244 g/mol. The van der Waals surface area contributed by atoms with Gasteiger partial charge in [-0.05, 0) is 17.5 Å². The molecule has 0 heterocycles. The van der Waals surface area contributed by atoms with E-state index in [1.165, 1.54) is 5.56 Å². The molecule has 4 N–H and O–H groups in total. The summed E-state index contributed by atoms with van der Waals surface area (Å²) in [7, 11) is 1.60. The average Bonchev–Trinajstić information content (AvgIpc) is 2.43. The minimum atomic E-state index is -0.888. The Morgan fingerprint density at radius 2 is 2.16 bits per heavy atom. The van der Waals surface area contributed by atoms with Crippen LogP contribution >= 0.6 is 0 Å². The van der Waals surface area contributed by atoms with Gasteiger partial charge >= 0.3 is 0 Å². The smallest absolute Gasteiger partial charge is 0.239 e. The average molecular weight is 266 g/mol. The largest absolute Gasteiger partial charge is 0.496 e. The molecule has 1 atom stereocenters. The molecule has 1 amide bonds. The maximum Gasteiger partial charge on any atom is 0.239 e. The number of ether oxygens (including phenoxy) is 1. The van der Waals surface area contributed by atoms with Crippen molar-refractivity contribution in [2.24, 2.45) is 5.73 Å². The van der Waals surface area contributed by atoms with Gasteiger partial charge in [0.2, 0.25) is 5.91 Å². The molecule has 5 heteroatoms. The molecule has 0 saturated carbocycles. The van der Waals surface area contributed by atoms with Crippen molar-refractivity contribution in [2.45, 2.75) is 32.4 Å². The van der Waals surface area contributed by atoms with Gasteiger partial charge in [0.15, 0.2) is 0 Å². The molecule has 0 aliphatic carbocycles. The highest BCUT2D eigenvalue weighted by Gasteiger charge is 2.13. The molecule has 5 nitrogen and oxygen atoms in total. The van der Waals surface area contributed by atoms with E-state index in [1.807, 2.05) is 18.2 Å². The van der Waals surface area contributed by atoms with Crippen molar-refractivity contribution in [2.75, 3.05) is 13.7 Å². The molecule has 1 aromatic carbocycles. The second-order valence-corrected chi connectivity index (χ2v) is 4.73. The molecule has 19 heavy (non-hydrogen) atoms. The van der Waals surface area contributed by atoms with Gasteiger partial charge in [-0.1, -0.05) is 26.0 Å². The second kappa shape index (κ2) is 7.11. The van der Waals surface area contributed by atoms with E-state index in [0.29, 0.717) is 12.5 Å². The van der Waals surface area contributed by atoms with Gasteiger partial charge in [-0.3, -0.25) is 4.79 Å². The van der Waals surface area contributed by atoms with Crippen molar-refractivity contribution in [1.29, 1.82) is 0 Å². The van der Waals surface area contributed by atoms with Gasteiger partial charge in [-0.15, -0.1) is 0 Å². The fraction of sp³-hybridized carbons (Fsp3) is 0.500. The first kappa shape index (κ1) is 15.5. The normalized spacial score (nSPS) is 12.3. The zero-order valence-corrected chi connectivity index (χ0v) is 11.6. The van der Waals surface area contributed by atoms with Crippen molar-refractivity contribution in [3.8, 4) is 5.75 Å². The molecule has 0 fully saturated rings. The highest BCUT2D eigenvalue weighted by Crippen LogP contribution is 2.24. The van der Waals surface area contributed by atoms with Crippen LogP contribution in [0, 0.1) is 0 Å². The number of aliphatic hydroxyl groups excluding tert-OH is 1. The van der Waals surface area contributed by atoms with E-state index in [1.54, 1.807) is 7.11 Å². The van der Waals surface area contributed by atoms with Crippen molar-refractivity contribution in [1.82, 2.24) is 5.32 Å². The Morgan fingerprint density at radius 3 is 2.68 bits per heavy atom. The van der Waals surface area contributed by atoms with Crippen LogP contribution < -0.4 is 15.8 Å². The van der Waals surface area contributed by atoms with Gasteiger partial charge in [-0.2, -0.15) is 0 Å². The predicted octanol–water partition coefficient (Wildman–Crippen LogP) is 0.754. The van der Waals surface area contributed by atoms with Crippen LogP contribution in [0.15, 0.2) is 18.2 Å². The van der Waals surface area contributed by atoms with E-state index in [0.717, 1.165) is 11.3 Å². The Bertz CT molecular complexity index is 433. The fourth-order valence-electron chi connectivity index (χ4n) is 1.66. The third-order valence-electron chi connectivity index (χ3n) is 2.96. The minimum absolute atomic E-state index is 0.327. The number of nitrogens with one attached hydrogen (secondary N) is 1. The Balaban J connectivity index is 2.76. The molecule has 0 spiro atoms. The van der Waals surface area contributed by atoms with Crippen molar-refractivity contribution in [3.05, 3.63) is 29.3 Å². The fourth-order valence-corrected chi connectivity index (χ4v) is 1.66. The predicted molar refractivity (Wildman–Crippen MR) is 74.0 cm³/mol. The van der Waals surface area contributed by atoms with Gasteiger partial charge in [0, 0.05) is 12.1 Å². The lowest BCUT2D eigenvalue weighted by atomic mass is 10.0. The number of benzene rings is 1. The molecular formula is C14H22N2O3. The second-order valence-electron chi connectivity index (χ2n) is 4.73. The first-order valence-electron chi connectivity index (χ1n) is 6.30. The number of carbonyl (C=O) groups excluding carboxylic acids is 1. The van der Waals surface area contributed by atoms with Gasteiger partial charge in [-0.25, -0.2) is 0 Å². The van der Waals surface area contributed by atoms with E-state index in [9.17, 15) is 4.79 Å². The summed E-state index contributed by atoms with van der Waals surface area (Å²) in [6, 6.07) is 5.03. The highest BCUT2D eigenvalue weighted by atomic mass is 16.5. The summed E-state index contributed by atoms with van der Waals surface area (Å²) < 4.78 is 5.32. The number of hydrogen-bond donors (Lipinski definition) is 3. The van der Waals surface area contributed by atoms with Crippen molar-refractivity contribution >= 4 is 5.91 Å². The third kappa shape index (κ3) is 4.22. The Hall–Kier alpha value is -1.59. The van der Waals surface area contributed by atoms with E-state index in [4.69, 9.17) is 15.6 Å². The van der Waals surface area contributed by atoms with Crippen LogP contribution in [-0.4, -0.2) is 30.8 Å². The lowest BCUT2D eigenvalue weighted by Gasteiger charge is -2.14. The lowest BCUT2D eigenvalue weighted by molar-refractivity contribution is -0.123. The summed E-state index contributed by atoms with van der Waals surface area (Å²) in [5, 5.41) is 11.5. The number of rotatable bonds is 6. The molecule has 0 aromatic heterocycles. The van der Waals surface area contributed by atoms with E-state index in [2.05, 4.69) is 19.2 Å². The summed E-state index contributed by atoms with van der Waals surface area (Å²) >= 11 is 0. The molecule has 0 aliphatic heterocycles. The standard InChI is InChI=1S/C14H22N2O3/c1-9(2)10-4-5-11(13(6-10)19-3)7-16-14(18)12(15)8-17/h4-6,9,12,17H,7-8,15H2,1-3H3,(H,16,18). The van der Waals surface area contributed by atoms with Crippen molar-refractivity contribution < 1.29 is 14.6 Å². The Kier molecular flexibility index (Phi) is 5.79. The third-order valence-corrected chi connectivity index (χ3v) is 2.96. The van der Waals surface area contributed by atoms with Crippen LogP contribution in [0.4, 0.5) is 0 Å². The Morgan fingerprint density at radius 1 is 1.47 bits per heavy atom. The maximum atomic E-state index is 11.5. The zero-order valence-electron chi connectivity index (χ0n) is 11.6. The summed E-state index contributed by atoms with van der Waals surface area (Å²) in [5.41, 5.74) is 7.48. The van der Waals surface area contributed by atoms with Gasteiger partial charge in [0.05, 0.1) is 13.7 Å². The summed E-state index contributed by atoms with van der Waals surface area (Å²) in [6.45, 7) is 4.18. The van der Waals surface area contributed by atoms with E-state index < -0.39 is 6.04 Å². The Labute approximate surface area is 113 Å². The zero-order chi connectivity index (χ0) is 14.4. The van der Waals surface area contributed by atoms with Crippen LogP contribution in [0.5, 0.6) is 5.75 Å². The summed E-state index contributed by atoms with van der Waals surface area (Å²) in [5.74, 6) is 0.780. The molecule has 0 radical (unpaired) electrons. The van der Waals surface area contributed by atoms with Crippen molar-refractivity contribution in [3.63, 3.8) is 0 Å². The summed E-state index contributed by atoms with van der Waals surface area (Å²) in [4.78, 5) is 11.5. The first-order valence-corrected chi connectivity index (χ1v) is 6.30. The monoisotopic (exact) mass is 266 g/mol. The number of hydrogen-bond acceptors (Lipinski definition) is 4. The highest BCUT2D eigenvalue weighted by molar-refractivity contribution is 5.81. The molecule has 1 aromatic rings. The number of aliphatic hydroxyl groups is 1. The van der Waals surface area contributed by atoms with Gasteiger partial charge in [0.1, 0.15) is 11.8 Å². The van der Waals surface area contributed by atoms with Gasteiger partial charge in [0.25, 0.3) is 0 Å². The summed E-state index contributed by atoms with van der Waals surface area (Å²) in [6.07, 6.45) is 0. The number of carbonyl (C=O) groups is 1. The van der Waals surface area contributed by atoms with Gasteiger partial charge < -0.3 is 20.9 Å². The molecule has 1 rings (SSSR count). The molecule has 0 saturated heterocycles. The quantitative estimate of drug-likeness (QED) is 0.709. The minimum Gasteiger partial charge on any atom is -0.496 e. The molecule has 0 aliphatic rings. The van der Waals surface area contributed by atoms with Crippen LogP contribution in [0.2, 0.25) is 0 Å². The maximum absolute atomic E-state index is 11.5. The number of amides is 1. The van der Waals surface area contributed by atoms with Crippen LogP contribution in [0.1, 0.15) is 30.9 Å².